The standard InChI is InChI=1S/C20H29NO4S/c1-6-25-20(24)18(16-10-8-7-9-11-16)21-19(23)17(12-13(2)3)14(4)26-15(5)22/h7-11,13-14,17-18H,6,12H2,1-5H3,(H,21,23)/t14?,17?,18-/m1/s1. The van der Waals surface area contributed by atoms with E-state index in [1.165, 1.54) is 6.92 Å². The molecule has 1 aromatic rings. The van der Waals surface area contributed by atoms with Crippen molar-refractivity contribution >= 4 is 28.8 Å². The average molecular weight is 380 g/mol. The van der Waals surface area contributed by atoms with Crippen molar-refractivity contribution in [3.8, 4) is 0 Å². The van der Waals surface area contributed by atoms with Crippen LogP contribution in [-0.2, 0) is 19.1 Å². The zero-order chi connectivity index (χ0) is 19.7. The van der Waals surface area contributed by atoms with Crippen molar-refractivity contribution in [1.82, 2.24) is 5.32 Å². The van der Waals surface area contributed by atoms with Gasteiger partial charge in [0.1, 0.15) is 0 Å². The number of ether oxygens (including phenoxy) is 1. The Kier molecular flexibility index (Phi) is 9.41. The maximum atomic E-state index is 13.0. The molecule has 0 aliphatic carbocycles. The van der Waals surface area contributed by atoms with Gasteiger partial charge >= 0.3 is 5.97 Å². The fourth-order valence-electron chi connectivity index (χ4n) is 2.76. The minimum Gasteiger partial charge on any atom is -0.464 e. The molecule has 3 atom stereocenters. The van der Waals surface area contributed by atoms with Crippen molar-refractivity contribution in [3.63, 3.8) is 0 Å². The van der Waals surface area contributed by atoms with Gasteiger partial charge < -0.3 is 10.1 Å². The van der Waals surface area contributed by atoms with Crippen molar-refractivity contribution < 1.29 is 19.1 Å². The molecule has 0 bridgehead atoms. The number of nitrogens with one attached hydrogen (secondary N) is 1. The molecule has 0 radical (unpaired) electrons. The Labute approximate surface area is 160 Å². The van der Waals surface area contributed by atoms with Crippen LogP contribution in [0.5, 0.6) is 0 Å². The highest BCUT2D eigenvalue weighted by atomic mass is 32.2. The Morgan fingerprint density at radius 1 is 1.12 bits per heavy atom. The summed E-state index contributed by atoms with van der Waals surface area (Å²) in [5.74, 6) is -0.799. The van der Waals surface area contributed by atoms with Gasteiger partial charge in [0.2, 0.25) is 5.91 Å². The summed E-state index contributed by atoms with van der Waals surface area (Å²) in [6.45, 7) is 9.41. The Hall–Kier alpha value is -1.82. The highest BCUT2D eigenvalue weighted by Gasteiger charge is 2.32. The Morgan fingerprint density at radius 2 is 1.73 bits per heavy atom. The van der Waals surface area contributed by atoms with E-state index < -0.39 is 12.0 Å². The summed E-state index contributed by atoms with van der Waals surface area (Å²) in [5, 5.41) is 2.64. The minimum absolute atomic E-state index is 0.0240. The largest absolute Gasteiger partial charge is 0.464 e. The van der Waals surface area contributed by atoms with Crippen LogP contribution in [0.25, 0.3) is 0 Å². The first-order valence-corrected chi connectivity index (χ1v) is 9.83. The lowest BCUT2D eigenvalue weighted by molar-refractivity contribution is -0.148. The van der Waals surface area contributed by atoms with Gasteiger partial charge in [-0.25, -0.2) is 4.79 Å². The first-order chi connectivity index (χ1) is 12.3. The summed E-state index contributed by atoms with van der Waals surface area (Å²) in [5.41, 5.74) is 0.675. The van der Waals surface area contributed by atoms with Crippen LogP contribution in [0.1, 0.15) is 52.6 Å². The lowest BCUT2D eigenvalue weighted by atomic mass is 9.93. The number of esters is 1. The van der Waals surface area contributed by atoms with E-state index in [-0.39, 0.29) is 28.8 Å². The number of benzene rings is 1. The second-order valence-electron chi connectivity index (χ2n) is 6.65. The molecular formula is C20H29NO4S. The fraction of sp³-hybridized carbons (Fsp3) is 0.550. The van der Waals surface area contributed by atoms with Crippen LogP contribution in [-0.4, -0.2) is 28.8 Å². The van der Waals surface area contributed by atoms with Crippen LogP contribution < -0.4 is 5.32 Å². The van der Waals surface area contributed by atoms with E-state index in [0.717, 1.165) is 11.8 Å². The van der Waals surface area contributed by atoms with Gasteiger partial charge in [-0.2, -0.15) is 0 Å². The molecule has 0 aliphatic heterocycles. The van der Waals surface area contributed by atoms with E-state index >= 15 is 0 Å². The SMILES string of the molecule is CCOC(=O)[C@H](NC(=O)C(CC(C)C)C(C)SC(C)=O)c1ccccc1. The van der Waals surface area contributed by atoms with E-state index in [1.54, 1.807) is 19.1 Å². The molecule has 0 aromatic heterocycles. The molecule has 1 N–H and O–H groups in total. The van der Waals surface area contributed by atoms with E-state index in [4.69, 9.17) is 4.74 Å². The molecule has 2 unspecified atom stereocenters. The van der Waals surface area contributed by atoms with Gasteiger partial charge in [-0.1, -0.05) is 62.9 Å². The zero-order valence-corrected chi connectivity index (χ0v) is 17.0. The van der Waals surface area contributed by atoms with Crippen molar-refractivity contribution in [3.05, 3.63) is 35.9 Å². The second kappa shape index (κ2) is 11.0. The lowest BCUT2D eigenvalue weighted by Crippen LogP contribution is -2.41. The molecule has 26 heavy (non-hydrogen) atoms. The molecule has 1 amide bonds. The van der Waals surface area contributed by atoms with Crippen molar-refractivity contribution in [2.75, 3.05) is 6.61 Å². The summed E-state index contributed by atoms with van der Waals surface area (Å²) in [6, 6.07) is 8.19. The molecule has 144 valence electrons. The van der Waals surface area contributed by atoms with Crippen LogP contribution in [0.2, 0.25) is 0 Å². The Bertz CT molecular complexity index is 603. The molecule has 6 heteroatoms. The van der Waals surface area contributed by atoms with Crippen molar-refractivity contribution in [1.29, 1.82) is 0 Å². The normalized spacial score (nSPS) is 14.4. The number of carbonyl (C=O) groups is 3. The lowest BCUT2D eigenvalue weighted by Gasteiger charge is -2.26. The van der Waals surface area contributed by atoms with Crippen molar-refractivity contribution in [2.45, 2.75) is 52.3 Å². The minimum atomic E-state index is -0.854. The summed E-state index contributed by atoms with van der Waals surface area (Å²) < 4.78 is 5.13. The molecule has 1 rings (SSSR count). The quantitative estimate of drug-likeness (QED) is 0.662. The van der Waals surface area contributed by atoms with Gasteiger partial charge in [0.15, 0.2) is 11.2 Å². The third kappa shape index (κ3) is 7.20. The first kappa shape index (κ1) is 22.2. The van der Waals surface area contributed by atoms with E-state index in [2.05, 4.69) is 5.32 Å². The number of thioether (sulfide) groups is 1. The monoisotopic (exact) mass is 379 g/mol. The fourth-order valence-corrected chi connectivity index (χ4v) is 3.68. The van der Waals surface area contributed by atoms with E-state index in [0.29, 0.717) is 17.9 Å². The third-order valence-corrected chi connectivity index (χ3v) is 4.95. The molecule has 1 aromatic carbocycles. The van der Waals surface area contributed by atoms with Crippen LogP contribution in [0, 0.1) is 11.8 Å². The maximum absolute atomic E-state index is 13.0. The maximum Gasteiger partial charge on any atom is 0.333 e. The molecule has 0 fully saturated rings. The number of hydrogen-bond acceptors (Lipinski definition) is 5. The summed E-state index contributed by atoms with van der Waals surface area (Å²) >= 11 is 1.16. The van der Waals surface area contributed by atoms with E-state index in [9.17, 15) is 14.4 Å². The highest BCUT2D eigenvalue weighted by Crippen LogP contribution is 2.27. The smallest absolute Gasteiger partial charge is 0.333 e. The van der Waals surface area contributed by atoms with Gasteiger partial charge in [0.05, 0.1) is 12.5 Å². The van der Waals surface area contributed by atoms with Gasteiger partial charge in [-0.05, 0) is 24.8 Å². The summed E-state index contributed by atoms with van der Waals surface area (Å²) in [6.07, 6.45) is 0.637. The molecule has 0 saturated carbocycles. The average Bonchev–Trinajstić information content (AvgIpc) is 2.57. The molecule has 0 saturated heterocycles. The first-order valence-electron chi connectivity index (χ1n) is 8.95. The number of rotatable bonds is 9. The molecule has 0 spiro atoms. The van der Waals surface area contributed by atoms with Gasteiger partial charge in [0, 0.05) is 12.2 Å². The molecule has 5 nitrogen and oxygen atoms in total. The summed E-state index contributed by atoms with van der Waals surface area (Å²) in [4.78, 5) is 36.8. The molecular weight excluding hydrogens is 350 g/mol. The predicted octanol–water partition coefficient (Wildman–Crippen LogP) is 3.74. The van der Waals surface area contributed by atoms with Crippen LogP contribution in [0.4, 0.5) is 0 Å². The van der Waals surface area contributed by atoms with Gasteiger partial charge in [-0.15, -0.1) is 0 Å². The zero-order valence-electron chi connectivity index (χ0n) is 16.2. The third-order valence-electron chi connectivity index (χ3n) is 3.92. The number of amides is 1. The van der Waals surface area contributed by atoms with Crippen molar-refractivity contribution in [2.24, 2.45) is 11.8 Å². The Morgan fingerprint density at radius 3 is 2.23 bits per heavy atom. The summed E-state index contributed by atoms with van der Waals surface area (Å²) in [7, 11) is 0. The number of carbonyl (C=O) groups excluding carboxylic acids is 3. The highest BCUT2D eigenvalue weighted by molar-refractivity contribution is 8.14. The van der Waals surface area contributed by atoms with Crippen LogP contribution in [0.3, 0.4) is 0 Å². The second-order valence-corrected chi connectivity index (χ2v) is 8.21. The Balaban J connectivity index is 3.02. The van der Waals surface area contributed by atoms with Crippen LogP contribution >= 0.6 is 11.8 Å². The van der Waals surface area contributed by atoms with Gasteiger partial charge in [0.25, 0.3) is 0 Å². The predicted molar refractivity (Wildman–Crippen MR) is 105 cm³/mol. The topological polar surface area (TPSA) is 72.5 Å². The number of hydrogen-bond donors (Lipinski definition) is 1. The van der Waals surface area contributed by atoms with Gasteiger partial charge in [-0.3, -0.25) is 9.59 Å². The molecule has 0 aliphatic rings. The van der Waals surface area contributed by atoms with Crippen LogP contribution in [0.15, 0.2) is 30.3 Å². The molecule has 0 heterocycles. The van der Waals surface area contributed by atoms with E-state index in [1.807, 2.05) is 39.0 Å².